The lowest BCUT2D eigenvalue weighted by atomic mass is 10.1. The summed E-state index contributed by atoms with van der Waals surface area (Å²) in [5.41, 5.74) is 8.16. The number of nitrogens with zero attached hydrogens (tertiary/aromatic N) is 2. The molecule has 0 saturated heterocycles. The highest BCUT2D eigenvalue weighted by Crippen LogP contribution is 2.26. The number of hydrogen-bond donors (Lipinski definition) is 2. The molecule has 0 saturated carbocycles. The Kier molecular flexibility index (Phi) is 4.52. The smallest absolute Gasteiger partial charge is 0.169 e. The molecular formula is C16H12Cl2N4S. The summed E-state index contributed by atoms with van der Waals surface area (Å²) in [6.45, 7) is 0. The number of thiocarbonyl (C=S) groups is 1. The molecule has 0 aliphatic rings. The maximum absolute atomic E-state index is 5.94. The van der Waals surface area contributed by atoms with Crippen molar-refractivity contribution in [1.82, 2.24) is 9.78 Å². The summed E-state index contributed by atoms with van der Waals surface area (Å²) in [6.07, 6.45) is 0. The number of aromatic nitrogens is 2. The molecule has 116 valence electrons. The Morgan fingerprint density at radius 1 is 1.00 bits per heavy atom. The molecule has 3 aromatic rings. The van der Waals surface area contributed by atoms with Gasteiger partial charge in [-0.1, -0.05) is 35.3 Å². The van der Waals surface area contributed by atoms with Gasteiger partial charge in [0.15, 0.2) is 5.11 Å². The van der Waals surface area contributed by atoms with Crippen LogP contribution >= 0.6 is 35.4 Å². The van der Waals surface area contributed by atoms with Gasteiger partial charge in [0.25, 0.3) is 0 Å². The molecule has 23 heavy (non-hydrogen) atoms. The van der Waals surface area contributed by atoms with Crippen molar-refractivity contribution in [3.63, 3.8) is 0 Å². The van der Waals surface area contributed by atoms with Crippen molar-refractivity contribution in [3.8, 4) is 16.9 Å². The molecule has 3 N–H and O–H groups in total. The Morgan fingerprint density at radius 3 is 2.13 bits per heavy atom. The van der Waals surface area contributed by atoms with Gasteiger partial charge in [-0.2, -0.15) is 5.10 Å². The van der Waals surface area contributed by atoms with E-state index in [0.717, 1.165) is 16.9 Å². The van der Waals surface area contributed by atoms with Gasteiger partial charge in [-0.25, -0.2) is 4.68 Å². The van der Waals surface area contributed by atoms with E-state index in [9.17, 15) is 0 Å². The second-order valence-corrected chi connectivity index (χ2v) is 6.11. The molecule has 0 fully saturated rings. The molecule has 0 bridgehead atoms. The Labute approximate surface area is 148 Å². The summed E-state index contributed by atoms with van der Waals surface area (Å²) < 4.78 is 1.72. The fraction of sp³-hybridized carbons (Fsp3) is 0. The molecule has 1 aromatic heterocycles. The van der Waals surface area contributed by atoms with Crippen LogP contribution < -0.4 is 11.1 Å². The molecule has 1 heterocycles. The first-order valence-electron chi connectivity index (χ1n) is 6.71. The van der Waals surface area contributed by atoms with Gasteiger partial charge < -0.3 is 11.1 Å². The maximum Gasteiger partial charge on any atom is 0.169 e. The van der Waals surface area contributed by atoms with E-state index in [4.69, 9.17) is 41.2 Å². The molecule has 0 aliphatic carbocycles. The Hall–Kier alpha value is -2.08. The molecule has 4 nitrogen and oxygen atoms in total. The van der Waals surface area contributed by atoms with Crippen molar-refractivity contribution in [2.24, 2.45) is 5.73 Å². The maximum atomic E-state index is 5.94. The fourth-order valence-electron chi connectivity index (χ4n) is 2.14. The largest absolute Gasteiger partial charge is 0.376 e. The minimum absolute atomic E-state index is 0.169. The van der Waals surface area contributed by atoms with Crippen molar-refractivity contribution in [2.45, 2.75) is 0 Å². The molecule has 0 atom stereocenters. The van der Waals surface area contributed by atoms with E-state index in [0.29, 0.717) is 15.9 Å². The van der Waals surface area contributed by atoms with Crippen molar-refractivity contribution in [2.75, 3.05) is 5.32 Å². The SMILES string of the molecule is NC(=S)Nc1cc(-c2ccc(Cl)cc2)nn1-c1ccc(Cl)cc1. The van der Waals surface area contributed by atoms with Crippen LogP contribution in [0.15, 0.2) is 54.6 Å². The van der Waals surface area contributed by atoms with Crippen LogP contribution in [0.4, 0.5) is 5.82 Å². The summed E-state index contributed by atoms with van der Waals surface area (Å²) in [7, 11) is 0. The highest BCUT2D eigenvalue weighted by atomic mass is 35.5. The minimum Gasteiger partial charge on any atom is -0.376 e. The van der Waals surface area contributed by atoms with E-state index in [-0.39, 0.29) is 5.11 Å². The summed E-state index contributed by atoms with van der Waals surface area (Å²) in [4.78, 5) is 0. The molecule has 3 rings (SSSR count). The van der Waals surface area contributed by atoms with Gasteiger partial charge >= 0.3 is 0 Å². The zero-order valence-corrected chi connectivity index (χ0v) is 14.2. The quantitative estimate of drug-likeness (QED) is 0.673. The number of hydrogen-bond acceptors (Lipinski definition) is 2. The predicted octanol–water partition coefficient (Wildman–Crippen LogP) is 4.50. The van der Waals surface area contributed by atoms with Crippen LogP contribution in [0.1, 0.15) is 0 Å². The van der Waals surface area contributed by atoms with Crippen molar-refractivity contribution >= 4 is 46.4 Å². The van der Waals surface area contributed by atoms with Crippen LogP contribution in [0.3, 0.4) is 0 Å². The lowest BCUT2D eigenvalue weighted by Gasteiger charge is -2.08. The molecular weight excluding hydrogens is 351 g/mol. The van der Waals surface area contributed by atoms with Crippen LogP contribution in [-0.2, 0) is 0 Å². The van der Waals surface area contributed by atoms with E-state index in [1.165, 1.54) is 0 Å². The number of halogens is 2. The van der Waals surface area contributed by atoms with Gasteiger partial charge in [0, 0.05) is 21.7 Å². The number of nitrogens with two attached hydrogens (primary N) is 1. The highest BCUT2D eigenvalue weighted by molar-refractivity contribution is 7.80. The first-order valence-corrected chi connectivity index (χ1v) is 7.88. The second kappa shape index (κ2) is 6.58. The average Bonchev–Trinajstić information content (AvgIpc) is 2.92. The first-order chi connectivity index (χ1) is 11.0. The third-order valence-electron chi connectivity index (χ3n) is 3.17. The third kappa shape index (κ3) is 3.64. The Morgan fingerprint density at radius 2 is 1.57 bits per heavy atom. The van der Waals surface area contributed by atoms with Gasteiger partial charge in [0.05, 0.1) is 11.4 Å². The van der Waals surface area contributed by atoms with Crippen molar-refractivity contribution in [3.05, 3.63) is 64.6 Å². The zero-order chi connectivity index (χ0) is 16.4. The number of anilines is 1. The molecule has 0 amide bonds. The van der Waals surface area contributed by atoms with Gasteiger partial charge in [0.1, 0.15) is 5.82 Å². The number of nitrogens with one attached hydrogen (secondary N) is 1. The second-order valence-electron chi connectivity index (χ2n) is 4.80. The van der Waals surface area contributed by atoms with Crippen LogP contribution in [0, 0.1) is 0 Å². The van der Waals surface area contributed by atoms with Gasteiger partial charge in [-0.15, -0.1) is 0 Å². The monoisotopic (exact) mass is 362 g/mol. The molecule has 0 radical (unpaired) electrons. The van der Waals surface area contributed by atoms with Crippen LogP contribution in [0.25, 0.3) is 16.9 Å². The van der Waals surface area contributed by atoms with Crippen molar-refractivity contribution in [1.29, 1.82) is 0 Å². The molecule has 2 aromatic carbocycles. The summed E-state index contributed by atoms with van der Waals surface area (Å²) in [5, 5.41) is 9.05. The molecule has 0 spiro atoms. The van der Waals surface area contributed by atoms with E-state index in [1.807, 2.05) is 42.5 Å². The molecule has 0 aliphatic heterocycles. The summed E-state index contributed by atoms with van der Waals surface area (Å²) in [5.74, 6) is 0.671. The number of rotatable bonds is 3. The van der Waals surface area contributed by atoms with Gasteiger partial charge in [-0.3, -0.25) is 0 Å². The first kappa shape index (κ1) is 15.8. The van der Waals surface area contributed by atoms with Crippen LogP contribution in [0.2, 0.25) is 10.0 Å². The number of benzene rings is 2. The van der Waals surface area contributed by atoms with E-state index < -0.39 is 0 Å². The Bertz CT molecular complexity index is 842. The standard InChI is InChI=1S/C16H12Cl2N4S/c17-11-3-1-10(2-4-11)14-9-15(20-16(19)23)22(21-14)13-7-5-12(18)6-8-13/h1-9H,(H3,19,20,23). The Balaban J connectivity index is 2.08. The van der Waals surface area contributed by atoms with Gasteiger partial charge in [-0.05, 0) is 48.6 Å². The average molecular weight is 363 g/mol. The lowest BCUT2D eigenvalue weighted by Crippen LogP contribution is -2.20. The van der Waals surface area contributed by atoms with Crippen LogP contribution in [0.5, 0.6) is 0 Å². The van der Waals surface area contributed by atoms with Gasteiger partial charge in [0.2, 0.25) is 0 Å². The van der Waals surface area contributed by atoms with E-state index in [2.05, 4.69) is 10.4 Å². The molecule has 7 heteroatoms. The summed E-state index contributed by atoms with van der Waals surface area (Å²) in [6, 6.07) is 16.6. The molecule has 0 unspecified atom stereocenters. The van der Waals surface area contributed by atoms with Crippen molar-refractivity contribution < 1.29 is 0 Å². The normalized spacial score (nSPS) is 10.5. The lowest BCUT2D eigenvalue weighted by molar-refractivity contribution is 0.893. The minimum atomic E-state index is 0.169. The highest BCUT2D eigenvalue weighted by Gasteiger charge is 2.12. The van der Waals surface area contributed by atoms with E-state index >= 15 is 0 Å². The summed E-state index contributed by atoms with van der Waals surface area (Å²) >= 11 is 16.8. The predicted molar refractivity (Wildman–Crippen MR) is 99.4 cm³/mol. The third-order valence-corrected chi connectivity index (χ3v) is 3.78. The topological polar surface area (TPSA) is 55.9 Å². The fourth-order valence-corrected chi connectivity index (χ4v) is 2.49. The van der Waals surface area contributed by atoms with E-state index in [1.54, 1.807) is 16.8 Å². The zero-order valence-electron chi connectivity index (χ0n) is 11.8. The van der Waals surface area contributed by atoms with Crippen LogP contribution in [-0.4, -0.2) is 14.9 Å².